The van der Waals surface area contributed by atoms with Gasteiger partial charge in [-0.15, -0.1) is 0 Å². The first-order valence-corrected chi connectivity index (χ1v) is 8.11. The Hall–Kier alpha value is -2.96. The fourth-order valence-electron chi connectivity index (χ4n) is 2.24. The lowest BCUT2D eigenvalue weighted by molar-refractivity contribution is 0.195. The van der Waals surface area contributed by atoms with Crippen LogP contribution in [0.4, 0.5) is 9.18 Å². The van der Waals surface area contributed by atoms with Gasteiger partial charge in [0.05, 0.1) is 20.8 Å². The van der Waals surface area contributed by atoms with Crippen LogP contribution in [0.5, 0.6) is 17.2 Å². The van der Waals surface area contributed by atoms with E-state index in [0.717, 1.165) is 5.56 Å². The van der Waals surface area contributed by atoms with Crippen molar-refractivity contribution in [1.29, 1.82) is 0 Å². The molecule has 0 heterocycles. The Morgan fingerprint density at radius 1 is 1.08 bits per heavy atom. The average Bonchev–Trinajstić information content (AvgIpc) is 2.67. The maximum atomic E-state index is 12.8. The van der Waals surface area contributed by atoms with Gasteiger partial charge in [-0.25, -0.2) is 9.18 Å². The number of urea groups is 1. The first-order valence-electron chi connectivity index (χ1n) is 8.11. The van der Waals surface area contributed by atoms with Crippen molar-refractivity contribution in [2.45, 2.75) is 6.54 Å². The van der Waals surface area contributed by atoms with Gasteiger partial charge < -0.3 is 24.4 Å². The number of likely N-dealkylation sites (N-methyl/N-ethyl adjacent to an activating group) is 1. The predicted octanol–water partition coefficient (Wildman–Crippen LogP) is 3.06. The van der Waals surface area contributed by atoms with Crippen molar-refractivity contribution in [2.24, 2.45) is 0 Å². The second-order valence-electron chi connectivity index (χ2n) is 5.57. The minimum atomic E-state index is -0.316. The molecule has 1 N–H and O–H groups in total. The van der Waals surface area contributed by atoms with Crippen LogP contribution in [-0.4, -0.2) is 45.3 Å². The number of hydrogen-bond acceptors (Lipinski definition) is 4. The Labute approximate surface area is 152 Å². The van der Waals surface area contributed by atoms with E-state index in [2.05, 4.69) is 5.32 Å². The van der Waals surface area contributed by atoms with Gasteiger partial charge in [-0.1, -0.05) is 6.07 Å². The van der Waals surface area contributed by atoms with Crippen molar-refractivity contribution >= 4 is 6.03 Å². The molecule has 0 saturated heterocycles. The Balaban J connectivity index is 1.77. The average molecular weight is 362 g/mol. The van der Waals surface area contributed by atoms with E-state index >= 15 is 0 Å². The molecule has 2 aromatic rings. The summed E-state index contributed by atoms with van der Waals surface area (Å²) in [5.41, 5.74) is 0.895. The highest BCUT2D eigenvalue weighted by molar-refractivity contribution is 5.73. The molecule has 2 amide bonds. The molecule has 0 fully saturated rings. The van der Waals surface area contributed by atoms with Gasteiger partial charge in [0.25, 0.3) is 0 Å². The van der Waals surface area contributed by atoms with Crippen LogP contribution < -0.4 is 19.5 Å². The topological polar surface area (TPSA) is 60.0 Å². The maximum Gasteiger partial charge on any atom is 0.317 e. The molecular formula is C19H23FN2O4. The molecule has 0 aromatic heterocycles. The molecular weight excluding hydrogens is 339 g/mol. The van der Waals surface area contributed by atoms with Crippen LogP contribution in [0.15, 0.2) is 42.5 Å². The fraction of sp³-hybridized carbons (Fsp3) is 0.316. The lowest BCUT2D eigenvalue weighted by Crippen LogP contribution is -2.39. The summed E-state index contributed by atoms with van der Waals surface area (Å²) >= 11 is 0. The van der Waals surface area contributed by atoms with Gasteiger partial charge in [-0.05, 0) is 42.0 Å². The number of rotatable bonds is 8. The smallest absolute Gasteiger partial charge is 0.317 e. The molecule has 0 radical (unpaired) electrons. The number of ether oxygens (including phenoxy) is 3. The number of carbonyl (C=O) groups is 1. The second kappa shape index (κ2) is 9.50. The Bertz CT molecular complexity index is 722. The summed E-state index contributed by atoms with van der Waals surface area (Å²) < 4.78 is 28.7. The summed E-state index contributed by atoms with van der Waals surface area (Å²) in [6.45, 7) is 1.07. The molecule has 0 aliphatic heterocycles. The van der Waals surface area contributed by atoms with Crippen molar-refractivity contribution < 1.29 is 23.4 Å². The van der Waals surface area contributed by atoms with Gasteiger partial charge in [-0.2, -0.15) is 0 Å². The number of methoxy groups -OCH3 is 2. The van der Waals surface area contributed by atoms with Crippen LogP contribution in [0.1, 0.15) is 5.56 Å². The molecule has 26 heavy (non-hydrogen) atoms. The van der Waals surface area contributed by atoms with Crippen molar-refractivity contribution in [2.75, 3.05) is 34.4 Å². The first-order chi connectivity index (χ1) is 12.5. The van der Waals surface area contributed by atoms with E-state index in [1.165, 1.54) is 17.0 Å². The monoisotopic (exact) mass is 362 g/mol. The third-order valence-corrected chi connectivity index (χ3v) is 3.75. The summed E-state index contributed by atoms with van der Waals surface area (Å²) in [5.74, 6) is 1.49. The molecule has 6 nitrogen and oxygen atoms in total. The zero-order valence-electron chi connectivity index (χ0n) is 15.1. The molecule has 0 bridgehead atoms. The van der Waals surface area contributed by atoms with E-state index in [0.29, 0.717) is 36.9 Å². The molecule has 0 unspecified atom stereocenters. The van der Waals surface area contributed by atoms with Crippen molar-refractivity contribution in [1.82, 2.24) is 10.2 Å². The number of benzene rings is 2. The Kier molecular flexibility index (Phi) is 7.08. The van der Waals surface area contributed by atoms with Crippen molar-refractivity contribution in [3.05, 3.63) is 53.8 Å². The minimum absolute atomic E-state index is 0.220. The lowest BCUT2D eigenvalue weighted by atomic mass is 10.2. The number of carbonyl (C=O) groups excluding carboxylic acids is 1. The molecule has 0 spiro atoms. The molecule has 0 saturated carbocycles. The van der Waals surface area contributed by atoms with Crippen LogP contribution in [-0.2, 0) is 6.54 Å². The summed E-state index contributed by atoms with van der Waals surface area (Å²) in [4.78, 5) is 13.7. The van der Waals surface area contributed by atoms with Crippen molar-refractivity contribution in [3.8, 4) is 17.2 Å². The van der Waals surface area contributed by atoms with Crippen LogP contribution >= 0.6 is 0 Å². The SMILES string of the molecule is COc1ccc(CNC(=O)N(C)CCOc2ccc(F)cc2)cc1OC. The summed E-state index contributed by atoms with van der Waals surface area (Å²) in [7, 11) is 4.81. The number of hydrogen-bond donors (Lipinski definition) is 1. The normalized spacial score (nSPS) is 10.2. The van der Waals surface area contributed by atoms with Gasteiger partial charge in [-0.3, -0.25) is 0 Å². The number of halogens is 1. The summed E-state index contributed by atoms with van der Waals surface area (Å²) in [5, 5.41) is 2.83. The van der Waals surface area contributed by atoms with Gasteiger partial charge >= 0.3 is 6.03 Å². The summed E-state index contributed by atoms with van der Waals surface area (Å²) in [6.07, 6.45) is 0. The molecule has 7 heteroatoms. The molecule has 0 atom stereocenters. The second-order valence-corrected chi connectivity index (χ2v) is 5.57. The highest BCUT2D eigenvalue weighted by Crippen LogP contribution is 2.27. The summed E-state index contributed by atoms with van der Waals surface area (Å²) in [6, 6.07) is 11.0. The van der Waals surface area contributed by atoms with Gasteiger partial charge in [0.15, 0.2) is 11.5 Å². The van der Waals surface area contributed by atoms with E-state index in [-0.39, 0.29) is 11.8 Å². The van der Waals surface area contributed by atoms with E-state index < -0.39 is 0 Å². The molecule has 0 aliphatic rings. The fourth-order valence-corrected chi connectivity index (χ4v) is 2.24. The van der Waals surface area contributed by atoms with Crippen LogP contribution in [0.25, 0.3) is 0 Å². The third kappa shape index (κ3) is 5.54. The zero-order valence-corrected chi connectivity index (χ0v) is 15.1. The van der Waals surface area contributed by atoms with Crippen LogP contribution in [0.2, 0.25) is 0 Å². The maximum absolute atomic E-state index is 12.8. The highest BCUT2D eigenvalue weighted by Gasteiger charge is 2.10. The van der Waals surface area contributed by atoms with E-state index in [4.69, 9.17) is 14.2 Å². The van der Waals surface area contributed by atoms with Gasteiger partial charge in [0.2, 0.25) is 0 Å². The molecule has 0 aliphatic carbocycles. The van der Waals surface area contributed by atoms with E-state index in [1.54, 1.807) is 39.5 Å². The van der Waals surface area contributed by atoms with Gasteiger partial charge in [0, 0.05) is 13.6 Å². The quantitative estimate of drug-likeness (QED) is 0.784. The zero-order chi connectivity index (χ0) is 18.9. The number of nitrogens with one attached hydrogen (secondary N) is 1. The van der Waals surface area contributed by atoms with Crippen LogP contribution in [0, 0.1) is 5.82 Å². The van der Waals surface area contributed by atoms with Crippen molar-refractivity contribution in [3.63, 3.8) is 0 Å². The lowest BCUT2D eigenvalue weighted by Gasteiger charge is -2.18. The number of nitrogens with zero attached hydrogens (tertiary/aromatic N) is 1. The standard InChI is InChI=1S/C19H23FN2O4/c1-22(10-11-26-16-7-5-15(20)6-8-16)19(23)21-13-14-4-9-17(24-2)18(12-14)25-3/h4-9,12H,10-11,13H2,1-3H3,(H,21,23). The highest BCUT2D eigenvalue weighted by atomic mass is 19.1. The molecule has 140 valence electrons. The first kappa shape index (κ1) is 19.4. The Morgan fingerprint density at radius 3 is 2.42 bits per heavy atom. The minimum Gasteiger partial charge on any atom is -0.493 e. The molecule has 2 rings (SSSR count). The van der Waals surface area contributed by atoms with E-state index in [9.17, 15) is 9.18 Å². The predicted molar refractivity (Wildman–Crippen MR) is 96.3 cm³/mol. The largest absolute Gasteiger partial charge is 0.493 e. The van der Waals surface area contributed by atoms with E-state index in [1.807, 2.05) is 12.1 Å². The Morgan fingerprint density at radius 2 is 1.77 bits per heavy atom. The van der Waals surface area contributed by atoms with Crippen LogP contribution in [0.3, 0.4) is 0 Å². The molecule has 2 aromatic carbocycles. The van der Waals surface area contributed by atoms with Gasteiger partial charge in [0.1, 0.15) is 18.2 Å². The third-order valence-electron chi connectivity index (χ3n) is 3.75. The number of amides is 2.